The zero-order valence-corrected chi connectivity index (χ0v) is 21.6. The summed E-state index contributed by atoms with van der Waals surface area (Å²) in [6.45, 7) is 1.92. The van der Waals surface area contributed by atoms with Gasteiger partial charge in [0.25, 0.3) is 5.69 Å². The molecule has 2 aromatic carbocycles. The Balaban J connectivity index is 1.58. The summed E-state index contributed by atoms with van der Waals surface area (Å²) in [4.78, 5) is 57.5. The molecule has 0 aliphatic carbocycles. The third-order valence-electron chi connectivity index (χ3n) is 7.58. The van der Waals surface area contributed by atoms with Crippen molar-refractivity contribution in [2.45, 2.75) is 31.3 Å². The number of fused-ring (bicyclic) bond motifs is 1. The summed E-state index contributed by atoms with van der Waals surface area (Å²) < 4.78 is 0. The number of aryl methyl sites for hydroxylation is 1. The second kappa shape index (κ2) is 10.0. The van der Waals surface area contributed by atoms with E-state index in [-0.39, 0.29) is 24.2 Å². The van der Waals surface area contributed by atoms with Crippen molar-refractivity contribution in [3.05, 3.63) is 91.4 Å². The number of carbonyl (C=O) groups excluding carboxylic acids is 2. The molecule has 11 nitrogen and oxygen atoms in total. The van der Waals surface area contributed by atoms with Gasteiger partial charge in [0.1, 0.15) is 5.54 Å². The molecule has 2 N–H and O–H groups in total. The van der Waals surface area contributed by atoms with Gasteiger partial charge in [0.05, 0.1) is 39.6 Å². The third kappa shape index (κ3) is 4.35. The number of likely N-dealkylation sites (tertiary alicyclic amines) is 1. The number of nitro benzene ring substituents is 1. The Hall–Kier alpha value is -4.47. The molecular formula is C27H23N5O6S. The Labute approximate surface area is 226 Å². The van der Waals surface area contributed by atoms with Crippen molar-refractivity contribution in [2.75, 3.05) is 6.54 Å². The first-order valence-corrected chi connectivity index (χ1v) is 13.0. The van der Waals surface area contributed by atoms with Crippen LogP contribution in [0.5, 0.6) is 0 Å². The van der Waals surface area contributed by atoms with Crippen molar-refractivity contribution in [1.29, 1.82) is 5.26 Å². The highest BCUT2D eigenvalue weighted by Gasteiger charge is 2.68. The van der Waals surface area contributed by atoms with E-state index >= 15 is 0 Å². The molecular weight excluding hydrogens is 522 g/mol. The van der Waals surface area contributed by atoms with Gasteiger partial charge in [-0.2, -0.15) is 5.26 Å². The van der Waals surface area contributed by atoms with Crippen molar-refractivity contribution >= 4 is 34.8 Å². The summed E-state index contributed by atoms with van der Waals surface area (Å²) in [6, 6.07) is 13.2. The highest BCUT2D eigenvalue weighted by Crippen LogP contribution is 2.50. The van der Waals surface area contributed by atoms with Crippen LogP contribution in [0, 0.1) is 40.2 Å². The highest BCUT2D eigenvalue weighted by atomic mass is 32.1. The van der Waals surface area contributed by atoms with Crippen LogP contribution in [0.4, 0.5) is 5.69 Å². The van der Waals surface area contributed by atoms with Crippen molar-refractivity contribution in [2.24, 2.45) is 11.8 Å². The minimum Gasteiger partial charge on any atom is -0.480 e. The highest BCUT2D eigenvalue weighted by molar-refractivity contribution is 7.09. The predicted octanol–water partition coefficient (Wildman–Crippen LogP) is 2.79. The molecule has 198 valence electrons. The number of benzene rings is 2. The topological polar surface area (TPSA) is 167 Å². The predicted molar refractivity (Wildman–Crippen MR) is 138 cm³/mol. The molecule has 4 unspecified atom stereocenters. The van der Waals surface area contributed by atoms with E-state index in [9.17, 15) is 34.9 Å². The van der Waals surface area contributed by atoms with Gasteiger partial charge >= 0.3 is 5.97 Å². The number of carbonyl (C=O) groups is 3. The first-order valence-electron chi connectivity index (χ1n) is 12.2. The van der Waals surface area contributed by atoms with Gasteiger partial charge in [-0.1, -0.05) is 30.3 Å². The largest absolute Gasteiger partial charge is 0.480 e. The lowest BCUT2D eigenvalue weighted by Crippen LogP contribution is -2.57. The molecule has 1 aromatic heterocycles. The number of aromatic nitrogens is 1. The Bertz CT molecular complexity index is 1530. The normalized spacial score (nSPS) is 24.0. The van der Waals surface area contributed by atoms with Crippen LogP contribution in [0.2, 0.25) is 0 Å². The second-order valence-electron chi connectivity index (χ2n) is 9.64. The van der Waals surface area contributed by atoms with E-state index in [0.717, 1.165) is 15.5 Å². The molecule has 2 fully saturated rings. The average Bonchev–Trinajstić information content (AvgIpc) is 3.57. The number of imide groups is 1. The molecule has 2 aliphatic heterocycles. The number of nitriles is 1. The first-order chi connectivity index (χ1) is 18.7. The molecule has 39 heavy (non-hydrogen) atoms. The number of non-ortho nitro benzene ring substituents is 1. The molecule has 0 spiro atoms. The molecule has 5 rings (SSSR count). The SMILES string of the molecule is Cc1ncsc1CCN1C(=O)C2C(c3ccccc3C#N)NC(Cc3ccc([N+](=O)[O-])cc3)(C(=O)O)C2C1=O. The standard InChI is InChI=1S/C27H23N5O6S/c1-15-20(39-14-29-15)10-11-31-24(33)21-22(25(31)34)27(26(35)36,12-16-6-8-18(9-7-16)32(37)38)30-23(21)19-5-3-2-4-17(19)13-28/h2-9,14,21-23,30H,10-12H2,1H3,(H,35,36). The lowest BCUT2D eigenvalue weighted by molar-refractivity contribution is -0.384. The number of rotatable bonds is 8. The molecule has 2 aliphatic rings. The Kier molecular flexibility index (Phi) is 6.71. The van der Waals surface area contributed by atoms with E-state index in [1.807, 2.05) is 6.92 Å². The van der Waals surface area contributed by atoms with Crippen molar-refractivity contribution in [1.82, 2.24) is 15.2 Å². The number of carboxylic acids is 1. The van der Waals surface area contributed by atoms with Gasteiger partial charge in [-0.3, -0.25) is 34.7 Å². The fourth-order valence-corrected chi connectivity index (χ4v) is 6.46. The number of nitro groups is 1. The average molecular weight is 546 g/mol. The fraction of sp³-hybridized carbons (Fsp3) is 0.296. The molecule has 12 heteroatoms. The molecule has 0 radical (unpaired) electrons. The summed E-state index contributed by atoms with van der Waals surface area (Å²) >= 11 is 1.42. The number of aliphatic carboxylic acids is 1. The van der Waals surface area contributed by atoms with Crippen LogP contribution in [0.25, 0.3) is 0 Å². The van der Waals surface area contributed by atoms with Gasteiger partial charge in [0.2, 0.25) is 11.8 Å². The summed E-state index contributed by atoms with van der Waals surface area (Å²) in [6.07, 6.45) is 0.191. The van der Waals surface area contributed by atoms with Crippen molar-refractivity contribution < 1.29 is 24.4 Å². The fourth-order valence-electron chi connectivity index (χ4n) is 5.69. The Morgan fingerprint density at radius 3 is 2.56 bits per heavy atom. The number of carboxylic acid groups (broad SMARTS) is 1. The summed E-state index contributed by atoms with van der Waals surface area (Å²) in [7, 11) is 0. The van der Waals surface area contributed by atoms with Crippen LogP contribution in [0.15, 0.2) is 54.0 Å². The number of nitrogens with one attached hydrogen (secondary N) is 1. The van der Waals surface area contributed by atoms with E-state index in [1.165, 1.54) is 35.6 Å². The molecule has 3 heterocycles. The summed E-state index contributed by atoms with van der Waals surface area (Å²) in [5.41, 5.74) is 1.59. The zero-order valence-electron chi connectivity index (χ0n) is 20.7. The summed E-state index contributed by atoms with van der Waals surface area (Å²) in [5, 5.41) is 34.5. The lowest BCUT2D eigenvalue weighted by atomic mass is 9.76. The molecule has 3 aromatic rings. The van der Waals surface area contributed by atoms with E-state index in [4.69, 9.17) is 0 Å². The molecule has 0 saturated carbocycles. The van der Waals surface area contributed by atoms with Gasteiger partial charge in [0.15, 0.2) is 0 Å². The quantitative estimate of drug-likeness (QED) is 0.246. The minimum atomic E-state index is -1.89. The number of hydrogen-bond acceptors (Lipinski definition) is 9. The van der Waals surface area contributed by atoms with Crippen molar-refractivity contribution in [3.63, 3.8) is 0 Å². The number of nitrogens with zero attached hydrogens (tertiary/aromatic N) is 4. The Morgan fingerprint density at radius 2 is 1.95 bits per heavy atom. The number of hydrogen-bond donors (Lipinski definition) is 2. The maximum Gasteiger partial charge on any atom is 0.325 e. The number of amides is 2. The maximum absolute atomic E-state index is 13.9. The van der Waals surface area contributed by atoms with Gasteiger partial charge in [-0.05, 0) is 24.1 Å². The monoisotopic (exact) mass is 545 g/mol. The zero-order chi connectivity index (χ0) is 27.9. The van der Waals surface area contributed by atoms with Gasteiger partial charge in [0, 0.05) is 42.4 Å². The molecule has 2 saturated heterocycles. The van der Waals surface area contributed by atoms with Crippen molar-refractivity contribution in [3.8, 4) is 6.07 Å². The van der Waals surface area contributed by atoms with Gasteiger partial charge in [-0.25, -0.2) is 4.98 Å². The third-order valence-corrected chi connectivity index (χ3v) is 8.58. The van der Waals surface area contributed by atoms with Gasteiger partial charge < -0.3 is 5.11 Å². The van der Waals surface area contributed by atoms with E-state index < -0.39 is 46.1 Å². The Morgan fingerprint density at radius 1 is 1.23 bits per heavy atom. The van der Waals surface area contributed by atoms with Crippen LogP contribution in [-0.4, -0.2) is 49.8 Å². The van der Waals surface area contributed by atoms with Crippen LogP contribution in [0.1, 0.15) is 33.3 Å². The molecule has 4 atom stereocenters. The van der Waals surface area contributed by atoms with Gasteiger partial charge in [-0.15, -0.1) is 11.3 Å². The van der Waals surface area contributed by atoms with E-state index in [1.54, 1.807) is 29.8 Å². The van der Waals surface area contributed by atoms with Crippen LogP contribution >= 0.6 is 11.3 Å². The first kappa shape index (κ1) is 26.1. The number of thiazole rings is 1. The summed E-state index contributed by atoms with van der Waals surface area (Å²) in [5.74, 6) is -4.72. The van der Waals surface area contributed by atoms with E-state index in [2.05, 4.69) is 16.4 Å². The van der Waals surface area contributed by atoms with E-state index in [0.29, 0.717) is 17.5 Å². The lowest BCUT2D eigenvalue weighted by Gasteiger charge is -2.31. The van der Waals surface area contributed by atoms with Crippen LogP contribution < -0.4 is 5.32 Å². The maximum atomic E-state index is 13.9. The second-order valence-corrected chi connectivity index (χ2v) is 10.6. The minimum absolute atomic E-state index is 0.0769. The molecule has 0 bridgehead atoms. The smallest absolute Gasteiger partial charge is 0.325 e. The molecule has 2 amide bonds. The van der Waals surface area contributed by atoms with Crippen LogP contribution in [-0.2, 0) is 27.2 Å². The van der Waals surface area contributed by atoms with Crippen LogP contribution in [0.3, 0.4) is 0 Å².